The van der Waals surface area contributed by atoms with E-state index < -0.39 is 0 Å². The van der Waals surface area contributed by atoms with E-state index >= 15 is 0 Å². The largest absolute Gasteiger partial charge is 0.385 e. The summed E-state index contributed by atoms with van der Waals surface area (Å²) in [5.41, 5.74) is 0.807. The molecular formula is C9H12BrNO2S. The van der Waals surface area contributed by atoms with Crippen LogP contribution in [0.25, 0.3) is 0 Å². The molecule has 0 aliphatic heterocycles. The third kappa shape index (κ3) is 2.87. The molecule has 0 aliphatic carbocycles. The molecule has 1 unspecified atom stereocenters. The topological polar surface area (TPSA) is 39.2 Å². The van der Waals surface area contributed by atoms with Crippen molar-refractivity contribution in [3.05, 3.63) is 15.6 Å². The number of hydrogen-bond donors (Lipinski definition) is 0. The lowest BCUT2D eigenvalue weighted by Crippen LogP contribution is -1.95. The minimum Gasteiger partial charge on any atom is -0.385 e. The van der Waals surface area contributed by atoms with Crippen LogP contribution in [0.3, 0.4) is 0 Å². The Morgan fingerprint density at radius 3 is 2.93 bits per heavy atom. The first-order valence-electron chi connectivity index (χ1n) is 4.24. The zero-order chi connectivity index (χ0) is 10.6. The second kappa shape index (κ2) is 5.58. The van der Waals surface area contributed by atoms with Gasteiger partial charge in [-0.25, -0.2) is 4.98 Å². The molecule has 0 aromatic carbocycles. The Bertz CT molecular complexity index is 314. The summed E-state index contributed by atoms with van der Waals surface area (Å²) in [7, 11) is 1.67. The molecule has 3 nitrogen and oxygen atoms in total. The number of aldehydes is 1. The van der Waals surface area contributed by atoms with E-state index in [1.807, 2.05) is 6.92 Å². The second-order valence-electron chi connectivity index (χ2n) is 2.87. The van der Waals surface area contributed by atoms with Crippen LogP contribution in [-0.2, 0) is 4.74 Å². The summed E-state index contributed by atoms with van der Waals surface area (Å²) in [6.07, 6.45) is 1.72. The molecule has 0 radical (unpaired) electrons. The van der Waals surface area contributed by atoms with Gasteiger partial charge in [-0.15, -0.1) is 11.3 Å². The van der Waals surface area contributed by atoms with Gasteiger partial charge in [-0.2, -0.15) is 0 Å². The van der Waals surface area contributed by atoms with Crippen LogP contribution in [0, 0.1) is 6.92 Å². The molecule has 0 saturated heterocycles. The molecule has 0 N–H and O–H groups in total. The van der Waals surface area contributed by atoms with Gasteiger partial charge in [-0.3, -0.25) is 4.79 Å². The maximum Gasteiger partial charge on any atom is 0.161 e. The van der Waals surface area contributed by atoms with Gasteiger partial charge in [-0.05, 0) is 13.3 Å². The summed E-state index contributed by atoms with van der Waals surface area (Å²) in [6, 6.07) is 0. The van der Waals surface area contributed by atoms with E-state index in [1.54, 1.807) is 7.11 Å². The predicted octanol–water partition coefficient (Wildman–Crippen LogP) is 2.74. The number of alkyl halides is 1. The second-order valence-corrected chi connectivity index (χ2v) is 5.04. The molecule has 0 saturated carbocycles. The van der Waals surface area contributed by atoms with Crippen molar-refractivity contribution in [3.8, 4) is 0 Å². The van der Waals surface area contributed by atoms with Gasteiger partial charge < -0.3 is 4.74 Å². The number of nitrogens with zero attached hydrogens (tertiary/aromatic N) is 1. The minimum absolute atomic E-state index is 0.180. The van der Waals surface area contributed by atoms with Crippen LogP contribution >= 0.6 is 27.3 Å². The lowest BCUT2D eigenvalue weighted by molar-refractivity contribution is 0.112. The van der Waals surface area contributed by atoms with Crippen molar-refractivity contribution < 1.29 is 9.53 Å². The number of ether oxygens (including phenoxy) is 1. The van der Waals surface area contributed by atoms with Crippen molar-refractivity contribution in [2.24, 2.45) is 0 Å². The summed E-state index contributed by atoms with van der Waals surface area (Å²) in [5, 5.41) is 0.946. The van der Waals surface area contributed by atoms with Gasteiger partial charge in [0.05, 0.1) is 15.4 Å². The summed E-state index contributed by atoms with van der Waals surface area (Å²) in [6.45, 7) is 2.53. The van der Waals surface area contributed by atoms with Crippen molar-refractivity contribution in [1.82, 2.24) is 4.98 Å². The third-order valence-electron chi connectivity index (χ3n) is 1.80. The number of methoxy groups -OCH3 is 1. The van der Waals surface area contributed by atoms with Gasteiger partial charge in [-0.1, -0.05) is 15.9 Å². The number of aryl methyl sites for hydroxylation is 1. The van der Waals surface area contributed by atoms with E-state index in [1.165, 1.54) is 11.3 Å². The number of carbonyl (C=O) groups excluding carboxylic acids is 1. The van der Waals surface area contributed by atoms with Gasteiger partial charge in [0.2, 0.25) is 0 Å². The fourth-order valence-electron chi connectivity index (χ4n) is 1.02. The average molecular weight is 278 g/mol. The first-order chi connectivity index (χ1) is 6.69. The first-order valence-corrected chi connectivity index (χ1v) is 5.97. The molecule has 0 amide bonds. The van der Waals surface area contributed by atoms with Gasteiger partial charge in [0.1, 0.15) is 5.01 Å². The van der Waals surface area contributed by atoms with E-state index in [2.05, 4.69) is 20.9 Å². The predicted molar refractivity (Wildman–Crippen MR) is 60.4 cm³/mol. The fraction of sp³-hybridized carbons (Fsp3) is 0.556. The van der Waals surface area contributed by atoms with Gasteiger partial charge in [0, 0.05) is 13.7 Å². The molecule has 1 heterocycles. The molecule has 5 heteroatoms. The highest BCUT2D eigenvalue weighted by atomic mass is 79.9. The Hall–Kier alpha value is -0.260. The van der Waals surface area contributed by atoms with Crippen LogP contribution in [0.5, 0.6) is 0 Å². The van der Waals surface area contributed by atoms with E-state index in [0.29, 0.717) is 11.5 Å². The van der Waals surface area contributed by atoms with E-state index in [0.717, 1.165) is 23.4 Å². The molecule has 1 atom stereocenters. The molecule has 1 rings (SSSR count). The number of rotatable bonds is 5. The lowest BCUT2D eigenvalue weighted by Gasteiger charge is -2.04. The van der Waals surface area contributed by atoms with Gasteiger partial charge in [0.25, 0.3) is 0 Å². The minimum atomic E-state index is 0.180. The van der Waals surface area contributed by atoms with E-state index in [-0.39, 0.29) is 4.83 Å². The molecule has 1 aromatic heterocycles. The number of carbonyl (C=O) groups is 1. The van der Waals surface area contributed by atoms with Crippen LogP contribution < -0.4 is 0 Å². The Kier molecular flexibility index (Phi) is 4.71. The number of halogens is 1. The normalized spacial score (nSPS) is 12.8. The third-order valence-corrected chi connectivity index (χ3v) is 4.19. The Labute approximate surface area is 95.6 Å². The highest BCUT2D eigenvalue weighted by Crippen LogP contribution is 2.30. The number of hydrogen-bond acceptors (Lipinski definition) is 4. The van der Waals surface area contributed by atoms with Crippen molar-refractivity contribution in [2.45, 2.75) is 18.2 Å². The monoisotopic (exact) mass is 277 g/mol. The SMILES string of the molecule is COCCC(Br)c1nc(C)c(C=O)s1. The van der Waals surface area contributed by atoms with Crippen molar-refractivity contribution >= 4 is 33.6 Å². The Morgan fingerprint density at radius 2 is 2.43 bits per heavy atom. The highest BCUT2D eigenvalue weighted by Gasteiger charge is 2.14. The van der Waals surface area contributed by atoms with Crippen molar-refractivity contribution in [1.29, 1.82) is 0 Å². The van der Waals surface area contributed by atoms with E-state index in [4.69, 9.17) is 4.74 Å². The zero-order valence-electron chi connectivity index (χ0n) is 8.12. The van der Waals surface area contributed by atoms with Gasteiger partial charge in [0.15, 0.2) is 6.29 Å². The molecular weight excluding hydrogens is 266 g/mol. The standard InChI is InChI=1S/C9H12BrNO2S/c1-6-8(5-12)14-9(11-6)7(10)3-4-13-2/h5,7H,3-4H2,1-2H3. The maximum absolute atomic E-state index is 10.6. The van der Waals surface area contributed by atoms with Crippen LogP contribution in [0.15, 0.2) is 0 Å². The molecule has 0 spiro atoms. The molecule has 1 aromatic rings. The summed E-state index contributed by atoms with van der Waals surface area (Å²) in [4.78, 5) is 15.8. The molecule has 0 aliphatic rings. The summed E-state index contributed by atoms with van der Waals surface area (Å²) < 4.78 is 4.97. The summed E-state index contributed by atoms with van der Waals surface area (Å²) >= 11 is 4.95. The van der Waals surface area contributed by atoms with Crippen LogP contribution in [0.4, 0.5) is 0 Å². The zero-order valence-corrected chi connectivity index (χ0v) is 10.5. The smallest absolute Gasteiger partial charge is 0.161 e. The molecule has 0 fully saturated rings. The van der Waals surface area contributed by atoms with Crippen LogP contribution in [0.2, 0.25) is 0 Å². The maximum atomic E-state index is 10.6. The molecule has 78 valence electrons. The highest BCUT2D eigenvalue weighted by molar-refractivity contribution is 9.09. The Balaban J connectivity index is 2.70. The summed E-state index contributed by atoms with van der Waals surface area (Å²) in [5.74, 6) is 0. The number of aromatic nitrogens is 1. The van der Waals surface area contributed by atoms with Crippen LogP contribution in [-0.4, -0.2) is 25.0 Å². The molecule has 0 bridgehead atoms. The molecule has 14 heavy (non-hydrogen) atoms. The van der Waals surface area contributed by atoms with E-state index in [9.17, 15) is 4.79 Å². The lowest BCUT2D eigenvalue weighted by atomic mass is 10.3. The quantitative estimate of drug-likeness (QED) is 0.614. The Morgan fingerprint density at radius 1 is 1.71 bits per heavy atom. The fourth-order valence-corrected chi connectivity index (χ4v) is 2.48. The number of thiazole rings is 1. The van der Waals surface area contributed by atoms with Crippen molar-refractivity contribution in [3.63, 3.8) is 0 Å². The van der Waals surface area contributed by atoms with Crippen molar-refractivity contribution in [2.75, 3.05) is 13.7 Å². The first kappa shape index (κ1) is 11.8. The van der Waals surface area contributed by atoms with Gasteiger partial charge >= 0.3 is 0 Å². The van der Waals surface area contributed by atoms with Crippen LogP contribution in [0.1, 0.15) is 31.6 Å². The average Bonchev–Trinajstić information content (AvgIpc) is 2.56.